The SMILES string of the molecule is CC(=O)CCC(C)(c1ccccc1)C(C)C. The van der Waals surface area contributed by atoms with Crippen molar-refractivity contribution in [2.75, 3.05) is 0 Å². The molecule has 0 radical (unpaired) electrons. The van der Waals surface area contributed by atoms with Crippen LogP contribution >= 0.6 is 0 Å². The van der Waals surface area contributed by atoms with E-state index in [1.165, 1.54) is 5.56 Å². The second kappa shape index (κ2) is 5.29. The van der Waals surface area contributed by atoms with Gasteiger partial charge in [-0.25, -0.2) is 0 Å². The fourth-order valence-electron chi connectivity index (χ4n) is 2.02. The van der Waals surface area contributed by atoms with Crippen LogP contribution in [0, 0.1) is 5.92 Å². The molecule has 16 heavy (non-hydrogen) atoms. The van der Waals surface area contributed by atoms with Crippen molar-refractivity contribution in [3.05, 3.63) is 35.9 Å². The lowest BCUT2D eigenvalue weighted by Gasteiger charge is -2.34. The molecule has 0 bridgehead atoms. The molecule has 0 spiro atoms. The van der Waals surface area contributed by atoms with Crippen molar-refractivity contribution in [3.63, 3.8) is 0 Å². The van der Waals surface area contributed by atoms with Gasteiger partial charge in [0, 0.05) is 6.42 Å². The van der Waals surface area contributed by atoms with E-state index in [0.717, 1.165) is 6.42 Å². The van der Waals surface area contributed by atoms with Crippen LogP contribution in [0.1, 0.15) is 46.1 Å². The van der Waals surface area contributed by atoms with E-state index in [1.807, 2.05) is 6.07 Å². The minimum Gasteiger partial charge on any atom is -0.300 e. The smallest absolute Gasteiger partial charge is 0.129 e. The number of rotatable bonds is 5. The topological polar surface area (TPSA) is 17.1 Å². The molecule has 88 valence electrons. The predicted octanol–water partition coefficient (Wildman–Crippen LogP) is 3.97. The molecule has 0 amide bonds. The fourth-order valence-corrected chi connectivity index (χ4v) is 2.02. The van der Waals surface area contributed by atoms with Gasteiger partial charge in [-0.15, -0.1) is 0 Å². The first-order valence-electron chi connectivity index (χ1n) is 6.02. The summed E-state index contributed by atoms with van der Waals surface area (Å²) in [6.45, 7) is 8.39. The minimum absolute atomic E-state index is 0.104. The average molecular weight is 218 g/mol. The van der Waals surface area contributed by atoms with Crippen molar-refractivity contribution in [2.45, 2.75) is 46.0 Å². The van der Waals surface area contributed by atoms with Gasteiger partial charge in [-0.1, -0.05) is 51.1 Å². The van der Waals surface area contributed by atoms with Gasteiger partial charge in [0.1, 0.15) is 5.78 Å². The summed E-state index contributed by atoms with van der Waals surface area (Å²) in [5.41, 5.74) is 1.44. The first kappa shape index (κ1) is 13.0. The maximum absolute atomic E-state index is 11.1. The molecule has 1 unspecified atom stereocenters. The lowest BCUT2D eigenvalue weighted by molar-refractivity contribution is -0.117. The largest absolute Gasteiger partial charge is 0.300 e. The van der Waals surface area contributed by atoms with Crippen molar-refractivity contribution in [2.24, 2.45) is 5.92 Å². The molecule has 0 aliphatic heterocycles. The summed E-state index contributed by atoms with van der Waals surface area (Å²) in [5, 5.41) is 0. The zero-order valence-electron chi connectivity index (χ0n) is 10.8. The van der Waals surface area contributed by atoms with Crippen LogP contribution < -0.4 is 0 Å². The Morgan fingerprint density at radius 3 is 2.25 bits per heavy atom. The Balaban J connectivity index is 2.93. The predicted molar refractivity (Wildman–Crippen MR) is 68.5 cm³/mol. The van der Waals surface area contributed by atoms with Crippen LogP contribution in [-0.4, -0.2) is 5.78 Å². The van der Waals surface area contributed by atoms with Crippen molar-refractivity contribution in [1.82, 2.24) is 0 Å². The van der Waals surface area contributed by atoms with Crippen LogP contribution in [0.25, 0.3) is 0 Å². The number of carbonyl (C=O) groups excluding carboxylic acids is 1. The molecule has 0 N–H and O–H groups in total. The summed E-state index contributed by atoms with van der Waals surface area (Å²) >= 11 is 0. The monoisotopic (exact) mass is 218 g/mol. The zero-order chi connectivity index (χ0) is 12.2. The van der Waals surface area contributed by atoms with Crippen molar-refractivity contribution >= 4 is 5.78 Å². The third kappa shape index (κ3) is 2.94. The highest BCUT2D eigenvalue weighted by Gasteiger charge is 2.30. The second-order valence-corrected chi connectivity index (χ2v) is 5.14. The van der Waals surface area contributed by atoms with Crippen LogP contribution in [0.4, 0.5) is 0 Å². The lowest BCUT2D eigenvalue weighted by atomic mass is 9.70. The standard InChI is InChI=1S/C15H22O/c1-12(2)15(4,11-10-13(3)16)14-8-6-5-7-9-14/h5-9,12H,10-11H2,1-4H3. The third-order valence-corrected chi connectivity index (χ3v) is 3.70. The van der Waals surface area contributed by atoms with Crippen LogP contribution in [0.2, 0.25) is 0 Å². The zero-order valence-corrected chi connectivity index (χ0v) is 10.8. The van der Waals surface area contributed by atoms with E-state index in [-0.39, 0.29) is 11.2 Å². The van der Waals surface area contributed by atoms with E-state index in [9.17, 15) is 4.79 Å². The molecule has 1 nitrogen and oxygen atoms in total. The first-order valence-corrected chi connectivity index (χ1v) is 6.02. The second-order valence-electron chi connectivity index (χ2n) is 5.14. The van der Waals surface area contributed by atoms with E-state index in [1.54, 1.807) is 6.92 Å². The Hall–Kier alpha value is -1.11. The number of ketones is 1. The summed E-state index contributed by atoms with van der Waals surface area (Å²) in [4.78, 5) is 11.1. The average Bonchev–Trinajstić information content (AvgIpc) is 2.26. The number of hydrogen-bond donors (Lipinski definition) is 0. The maximum Gasteiger partial charge on any atom is 0.129 e. The number of Topliss-reactive ketones (excluding diaryl/α,β-unsaturated/α-hetero) is 1. The Morgan fingerprint density at radius 2 is 1.81 bits per heavy atom. The van der Waals surface area contributed by atoms with Gasteiger partial charge in [0.15, 0.2) is 0 Å². The quantitative estimate of drug-likeness (QED) is 0.731. The first-order chi connectivity index (χ1) is 7.47. The van der Waals surface area contributed by atoms with E-state index in [2.05, 4.69) is 45.0 Å². The Morgan fingerprint density at radius 1 is 1.25 bits per heavy atom. The van der Waals surface area contributed by atoms with Crippen molar-refractivity contribution in [3.8, 4) is 0 Å². The van der Waals surface area contributed by atoms with Crippen LogP contribution in [0.15, 0.2) is 30.3 Å². The van der Waals surface area contributed by atoms with Crippen LogP contribution in [0.5, 0.6) is 0 Å². The van der Waals surface area contributed by atoms with Gasteiger partial charge in [0.25, 0.3) is 0 Å². The lowest BCUT2D eigenvalue weighted by Crippen LogP contribution is -2.29. The van der Waals surface area contributed by atoms with Gasteiger partial charge in [-0.2, -0.15) is 0 Å². The molecule has 0 heterocycles. The fraction of sp³-hybridized carbons (Fsp3) is 0.533. The molecule has 1 aromatic carbocycles. The summed E-state index contributed by atoms with van der Waals surface area (Å²) in [6, 6.07) is 10.5. The highest BCUT2D eigenvalue weighted by atomic mass is 16.1. The molecular weight excluding hydrogens is 196 g/mol. The van der Waals surface area contributed by atoms with Crippen LogP contribution in [-0.2, 0) is 10.2 Å². The van der Waals surface area contributed by atoms with Gasteiger partial charge >= 0.3 is 0 Å². The van der Waals surface area contributed by atoms with Crippen molar-refractivity contribution < 1.29 is 4.79 Å². The molecule has 1 atom stereocenters. The molecule has 1 heteroatoms. The number of carbonyl (C=O) groups is 1. The van der Waals surface area contributed by atoms with Gasteiger partial charge < -0.3 is 4.79 Å². The molecule has 0 aliphatic rings. The summed E-state index contributed by atoms with van der Waals surface area (Å²) in [6.07, 6.45) is 1.60. The van der Waals surface area contributed by atoms with E-state index < -0.39 is 0 Å². The van der Waals surface area contributed by atoms with Crippen LogP contribution in [0.3, 0.4) is 0 Å². The van der Waals surface area contributed by atoms with Gasteiger partial charge in [-0.3, -0.25) is 0 Å². The Labute approximate surface area is 98.9 Å². The van der Waals surface area contributed by atoms with E-state index >= 15 is 0 Å². The molecule has 0 fully saturated rings. The highest BCUT2D eigenvalue weighted by molar-refractivity contribution is 5.75. The normalized spacial score (nSPS) is 14.8. The molecule has 0 aromatic heterocycles. The number of benzene rings is 1. The number of hydrogen-bond acceptors (Lipinski definition) is 1. The van der Waals surface area contributed by atoms with Crippen molar-refractivity contribution in [1.29, 1.82) is 0 Å². The third-order valence-electron chi connectivity index (χ3n) is 3.70. The molecule has 1 rings (SSSR count). The van der Waals surface area contributed by atoms with Gasteiger partial charge in [-0.05, 0) is 30.2 Å². The minimum atomic E-state index is 0.104. The van der Waals surface area contributed by atoms with E-state index in [0.29, 0.717) is 12.3 Å². The highest BCUT2D eigenvalue weighted by Crippen LogP contribution is 2.36. The molecule has 1 aromatic rings. The molecule has 0 saturated heterocycles. The Kier molecular flexibility index (Phi) is 4.28. The summed E-state index contributed by atoms with van der Waals surface area (Å²) in [7, 11) is 0. The van der Waals surface area contributed by atoms with E-state index in [4.69, 9.17) is 0 Å². The van der Waals surface area contributed by atoms with Gasteiger partial charge in [0.05, 0.1) is 0 Å². The molecular formula is C15H22O. The molecule has 0 saturated carbocycles. The Bertz CT molecular complexity index is 340. The molecule has 0 aliphatic carbocycles. The summed E-state index contributed by atoms with van der Waals surface area (Å²) in [5.74, 6) is 0.817. The summed E-state index contributed by atoms with van der Waals surface area (Å²) < 4.78 is 0. The maximum atomic E-state index is 11.1. The van der Waals surface area contributed by atoms with Gasteiger partial charge in [0.2, 0.25) is 0 Å².